The van der Waals surface area contributed by atoms with Crippen molar-refractivity contribution >= 4 is 145 Å². The van der Waals surface area contributed by atoms with Gasteiger partial charge in [-0.1, -0.05) is 103 Å². The van der Waals surface area contributed by atoms with E-state index in [1.165, 1.54) is 65.7 Å². The van der Waals surface area contributed by atoms with Gasteiger partial charge >= 0.3 is 17.9 Å². The van der Waals surface area contributed by atoms with Gasteiger partial charge in [0.05, 0.1) is 107 Å². The minimum absolute atomic E-state index is 0.0186. The molecule has 3 aromatic heterocycles. The van der Waals surface area contributed by atoms with Gasteiger partial charge in [0.2, 0.25) is 17.7 Å². The number of carboxylic acids is 1. The summed E-state index contributed by atoms with van der Waals surface area (Å²) in [6.45, 7) is 28.9. The number of carbonyl (C=O) groups is 8. The number of hydrogen-bond donors (Lipinski definition) is 2. The van der Waals surface area contributed by atoms with Crippen molar-refractivity contribution in [2.75, 3.05) is 108 Å². The summed E-state index contributed by atoms with van der Waals surface area (Å²) in [5, 5.41) is 14.2. The third kappa shape index (κ3) is 22.9. The van der Waals surface area contributed by atoms with Crippen molar-refractivity contribution in [3.05, 3.63) is 115 Å². The average molecular weight is 1510 g/mol. The quantitative estimate of drug-likeness (QED) is 0.0651. The molecule has 538 valence electrons. The molecule has 100 heavy (non-hydrogen) atoms. The highest BCUT2D eigenvalue weighted by atomic mass is 35.5. The number of morpholine rings is 3. The number of nitrogens with one attached hydrogen (secondary N) is 1. The van der Waals surface area contributed by atoms with Gasteiger partial charge in [-0.15, -0.1) is 34.0 Å². The van der Waals surface area contributed by atoms with E-state index in [-0.39, 0.29) is 82.7 Å². The van der Waals surface area contributed by atoms with E-state index in [4.69, 9.17) is 70.1 Å². The average Bonchev–Trinajstić information content (AvgIpc) is 1.54. The number of aromatic carboxylic acids is 1. The second-order valence-corrected chi connectivity index (χ2v) is 31.0. The summed E-state index contributed by atoms with van der Waals surface area (Å²) < 4.78 is 26.0. The highest BCUT2D eigenvalue weighted by Gasteiger charge is 2.40. The number of methoxy groups -OCH3 is 2. The second kappa shape index (κ2) is 37.1. The number of hydrogen-bond acceptors (Lipinski definition) is 17. The number of ether oxygens (including phenoxy) is 5. The fourth-order valence-corrected chi connectivity index (χ4v) is 13.7. The second-order valence-electron chi connectivity index (χ2n) is 26.2. The zero-order chi connectivity index (χ0) is 74.0. The van der Waals surface area contributed by atoms with Crippen LogP contribution in [0, 0.1) is 51.8 Å². The molecule has 3 fully saturated rings. The lowest BCUT2D eigenvalue weighted by Crippen LogP contribution is -2.53. The van der Waals surface area contributed by atoms with Crippen molar-refractivity contribution in [1.82, 2.24) is 14.7 Å². The zero-order valence-corrected chi connectivity index (χ0v) is 64.2. The molecule has 0 saturated carbocycles. The van der Waals surface area contributed by atoms with Gasteiger partial charge in [-0.05, 0) is 136 Å². The first-order valence-electron chi connectivity index (χ1n) is 32.5. The molecule has 3 aliphatic heterocycles. The molecule has 20 nitrogen and oxygen atoms in total. The molecule has 3 atom stereocenters. The number of nitrogens with zero attached hydrogens (tertiary/aromatic N) is 5. The molecule has 3 saturated heterocycles. The first kappa shape index (κ1) is 81.8. The topological polar surface area (TPSA) is 231 Å². The number of rotatable bonds is 17. The monoisotopic (exact) mass is 1510 g/mol. The fourth-order valence-electron chi connectivity index (χ4n) is 10.1. The van der Waals surface area contributed by atoms with Crippen LogP contribution in [0.3, 0.4) is 0 Å². The van der Waals surface area contributed by atoms with Crippen LogP contribution < -0.4 is 15.1 Å². The molecular weight excluding hydrogens is 1420 g/mol. The Kier molecular flexibility index (Phi) is 30.4. The molecule has 8 rings (SSSR count). The first-order chi connectivity index (χ1) is 47.1. The standard InChI is InChI=1S/C27H30Cl2N2O5S.C26H28Cl2N2O5S.C20H28N2O4S/c1-6-21(25(33)30-11-13-36-14-12-30)31(24(32)19-8-7-17(28)15-20(19)29)22-16-18(9-10-27(2,3)4)37-23(22)26(34)35-5;1-5-20(24(32)29-10-12-35-13-11-29)30(23(31)18-7-6-16(27)14-19(18)28)21-15-17(8-9-26(2,3)4)36-22(21)25(33)34;1-6-15(18(23)22-9-11-26-12-10-22)21-16-13-14(7-8-20(2,3)4)27-17(16)19(24)25-5/h7-8,15-16,21H,6,11-14H2,1-5H3;6-7,14-15,20H,5,10-13H2,1-4H3,(H,33,34);13,15,21H,6,9-12H2,1-5H3/t21-;20-;15-/m000/s1. The van der Waals surface area contributed by atoms with Gasteiger partial charge in [0.25, 0.3) is 11.8 Å². The predicted octanol–water partition coefficient (Wildman–Crippen LogP) is 13.9. The van der Waals surface area contributed by atoms with E-state index in [1.54, 1.807) is 39.8 Å². The van der Waals surface area contributed by atoms with Crippen molar-refractivity contribution in [3.63, 3.8) is 0 Å². The van der Waals surface area contributed by atoms with Crippen molar-refractivity contribution in [2.24, 2.45) is 16.2 Å². The van der Waals surface area contributed by atoms with E-state index >= 15 is 0 Å². The number of halogens is 4. The highest BCUT2D eigenvalue weighted by molar-refractivity contribution is 7.16. The highest BCUT2D eigenvalue weighted by Crippen LogP contribution is 2.39. The van der Waals surface area contributed by atoms with Gasteiger partial charge in [0.1, 0.15) is 32.8 Å². The largest absolute Gasteiger partial charge is 0.477 e. The SMILES string of the molecule is CC[C@@H](C(=O)N1CCOCC1)N(C(=O)c1ccc(Cl)cc1Cl)c1cc(C#CC(C)(C)C)sc1C(=O)O.CC[C@@H](C(=O)N1CCOCC1)N(C(=O)c1ccc(Cl)cc1Cl)c1cc(C#CC(C)(C)C)sc1C(=O)OC.CC[C@H](Nc1cc(C#CC(C)(C)C)sc1C(=O)OC)C(=O)N1CCOCC1. The summed E-state index contributed by atoms with van der Waals surface area (Å²) in [7, 11) is 2.62. The number of anilines is 3. The summed E-state index contributed by atoms with van der Waals surface area (Å²) in [6, 6.07) is 11.7. The number of carboxylic acid groups (broad SMARTS) is 1. The molecule has 0 spiro atoms. The minimum Gasteiger partial charge on any atom is -0.477 e. The maximum atomic E-state index is 14.1. The predicted molar refractivity (Wildman–Crippen MR) is 396 cm³/mol. The van der Waals surface area contributed by atoms with Gasteiger partial charge in [-0.2, -0.15) is 0 Å². The normalized spacial score (nSPS) is 14.8. The lowest BCUT2D eigenvalue weighted by molar-refractivity contribution is -0.137. The smallest absolute Gasteiger partial charge is 0.350 e. The number of thiophene rings is 3. The summed E-state index contributed by atoms with van der Waals surface area (Å²) in [6.07, 6.45) is 1.16. The molecule has 2 aromatic carbocycles. The summed E-state index contributed by atoms with van der Waals surface area (Å²) in [5.74, 6) is 14.7. The van der Waals surface area contributed by atoms with Crippen molar-refractivity contribution in [1.29, 1.82) is 0 Å². The number of esters is 2. The van der Waals surface area contributed by atoms with Crippen molar-refractivity contribution in [3.8, 4) is 35.5 Å². The van der Waals surface area contributed by atoms with Crippen LogP contribution in [0.15, 0.2) is 54.6 Å². The van der Waals surface area contributed by atoms with Gasteiger partial charge in [-0.25, -0.2) is 14.4 Å². The summed E-state index contributed by atoms with van der Waals surface area (Å²) in [4.78, 5) is 115. The van der Waals surface area contributed by atoms with Crippen LogP contribution in [0.2, 0.25) is 20.1 Å². The third-order valence-corrected chi connectivity index (χ3v) is 19.2. The van der Waals surface area contributed by atoms with E-state index in [0.29, 0.717) is 122 Å². The van der Waals surface area contributed by atoms with Crippen LogP contribution in [0.25, 0.3) is 0 Å². The molecule has 2 N–H and O–H groups in total. The Hall–Kier alpha value is -7.18. The maximum absolute atomic E-state index is 14.1. The zero-order valence-electron chi connectivity index (χ0n) is 58.8. The molecule has 0 radical (unpaired) electrons. The molecule has 0 aliphatic carbocycles. The molecular formula is C73H86Cl4N6O14S3. The summed E-state index contributed by atoms with van der Waals surface area (Å²) in [5.41, 5.74) is 0.496. The molecule has 5 amide bonds. The van der Waals surface area contributed by atoms with E-state index in [0.717, 1.165) is 27.6 Å². The Labute approximate surface area is 618 Å². The van der Waals surface area contributed by atoms with Crippen LogP contribution in [0.1, 0.15) is 167 Å². The lowest BCUT2D eigenvalue weighted by Gasteiger charge is -2.36. The van der Waals surface area contributed by atoms with E-state index in [1.807, 2.05) is 82.2 Å². The Bertz CT molecular complexity index is 3980. The van der Waals surface area contributed by atoms with Crippen molar-refractivity contribution < 1.29 is 67.1 Å². The fraction of sp³-hybridized carbons (Fsp3) is 0.479. The minimum atomic E-state index is -1.22. The van der Waals surface area contributed by atoms with Crippen molar-refractivity contribution in [2.45, 2.75) is 120 Å². The van der Waals surface area contributed by atoms with Gasteiger partial charge in [-0.3, -0.25) is 33.8 Å². The van der Waals surface area contributed by atoms with Crippen LogP contribution >= 0.6 is 80.4 Å². The lowest BCUT2D eigenvalue weighted by atomic mass is 9.98. The molecule has 3 aliphatic rings. The van der Waals surface area contributed by atoms with Crippen LogP contribution in [-0.2, 0) is 38.1 Å². The van der Waals surface area contributed by atoms with Crippen LogP contribution in [-0.4, -0.2) is 179 Å². The summed E-state index contributed by atoms with van der Waals surface area (Å²) >= 11 is 28.2. The Morgan fingerprint density at radius 1 is 0.510 bits per heavy atom. The Balaban J connectivity index is 0.000000239. The molecule has 6 heterocycles. The number of benzene rings is 2. The number of carbonyl (C=O) groups excluding carboxylic acids is 7. The van der Waals surface area contributed by atoms with Gasteiger partial charge in [0, 0.05) is 65.6 Å². The third-order valence-electron chi connectivity index (χ3n) is 15.0. The molecule has 27 heteroatoms. The maximum Gasteiger partial charge on any atom is 0.350 e. The van der Waals surface area contributed by atoms with E-state index in [2.05, 4.69) is 40.8 Å². The Morgan fingerprint density at radius 3 is 1.19 bits per heavy atom. The van der Waals surface area contributed by atoms with Crippen LogP contribution in [0.5, 0.6) is 0 Å². The van der Waals surface area contributed by atoms with Gasteiger partial charge < -0.3 is 48.8 Å². The molecule has 0 unspecified atom stereocenters. The van der Waals surface area contributed by atoms with Gasteiger partial charge in [0.15, 0.2) is 0 Å². The van der Waals surface area contributed by atoms with E-state index < -0.39 is 47.8 Å². The molecule has 0 bridgehead atoms. The number of amides is 5. The first-order valence-corrected chi connectivity index (χ1v) is 36.4. The van der Waals surface area contributed by atoms with E-state index in [9.17, 15) is 43.5 Å². The molecule has 5 aromatic rings. The Morgan fingerprint density at radius 2 is 0.850 bits per heavy atom. The van der Waals surface area contributed by atoms with Crippen LogP contribution in [0.4, 0.5) is 17.1 Å².